The minimum absolute atomic E-state index is 0.0621. The molecular weight excluding hydrogens is 480 g/mol. The Hall–Kier alpha value is -3.37. The van der Waals surface area contributed by atoms with Gasteiger partial charge >= 0.3 is 0 Å². The molecule has 190 valence electrons. The van der Waals surface area contributed by atoms with Crippen LogP contribution in [0.3, 0.4) is 0 Å². The quantitative estimate of drug-likeness (QED) is 0.500. The van der Waals surface area contributed by atoms with Gasteiger partial charge in [0, 0.05) is 50.9 Å². The smallest absolute Gasteiger partial charge is 0.248 e. The van der Waals surface area contributed by atoms with Gasteiger partial charge in [0.1, 0.15) is 11.5 Å². The summed E-state index contributed by atoms with van der Waals surface area (Å²) in [5, 5.41) is 3.88. The van der Waals surface area contributed by atoms with Crippen LogP contribution in [0.2, 0.25) is 0 Å². The molecule has 0 aliphatic carbocycles. The first-order valence-electron chi connectivity index (χ1n) is 12.2. The van der Waals surface area contributed by atoms with Crippen molar-refractivity contribution in [3.63, 3.8) is 0 Å². The van der Waals surface area contributed by atoms with Crippen molar-refractivity contribution in [3.8, 4) is 0 Å². The largest absolute Gasteiger partial charge is 0.465 e. The number of benzene rings is 1. The van der Waals surface area contributed by atoms with Crippen LogP contribution in [0.25, 0.3) is 12.2 Å². The van der Waals surface area contributed by atoms with Gasteiger partial charge in [-0.1, -0.05) is 23.4 Å². The summed E-state index contributed by atoms with van der Waals surface area (Å²) in [7, 11) is -3.82. The Labute approximate surface area is 211 Å². The lowest BCUT2D eigenvalue weighted by molar-refractivity contribution is -0.137. The number of hydrogen-bond donors (Lipinski definition) is 0. The van der Waals surface area contributed by atoms with E-state index in [9.17, 15) is 13.2 Å². The van der Waals surface area contributed by atoms with E-state index in [1.807, 2.05) is 23.1 Å². The number of para-hydroxylation sites is 1. The maximum Gasteiger partial charge on any atom is 0.248 e. The number of carbonyl (C=O) groups is 1. The molecule has 36 heavy (non-hydrogen) atoms. The first-order chi connectivity index (χ1) is 17.4. The van der Waals surface area contributed by atoms with Crippen LogP contribution in [0.5, 0.6) is 0 Å². The molecule has 9 nitrogen and oxygen atoms in total. The monoisotopic (exact) mass is 510 g/mol. The van der Waals surface area contributed by atoms with Crippen molar-refractivity contribution >= 4 is 33.8 Å². The summed E-state index contributed by atoms with van der Waals surface area (Å²) in [6.45, 7) is 5.14. The van der Waals surface area contributed by atoms with E-state index in [1.54, 1.807) is 31.2 Å². The molecule has 1 aromatic carbocycles. The van der Waals surface area contributed by atoms with Gasteiger partial charge in [0.25, 0.3) is 0 Å². The number of sulfonamides is 1. The maximum absolute atomic E-state index is 13.5. The molecule has 5 rings (SSSR count). The molecule has 0 bridgehead atoms. The summed E-state index contributed by atoms with van der Waals surface area (Å²) in [5.74, 6) is 0.708. The Balaban J connectivity index is 1.20. The third-order valence-corrected chi connectivity index (χ3v) is 8.95. The van der Waals surface area contributed by atoms with E-state index >= 15 is 0 Å². The summed E-state index contributed by atoms with van der Waals surface area (Å²) in [5.41, 5.74) is 1.48. The highest BCUT2D eigenvalue weighted by Gasteiger charge is 2.37. The maximum atomic E-state index is 13.5. The molecule has 2 aliphatic heterocycles. The van der Waals surface area contributed by atoms with E-state index in [2.05, 4.69) is 22.2 Å². The molecular formula is C26H30N4O5S. The topological polar surface area (TPSA) is 100 Å². The molecule has 4 heterocycles. The summed E-state index contributed by atoms with van der Waals surface area (Å²) in [6, 6.07) is 13.7. The molecule has 2 fully saturated rings. The highest BCUT2D eigenvalue weighted by molar-refractivity contribution is 7.89. The van der Waals surface area contributed by atoms with Crippen LogP contribution in [0, 0.1) is 12.8 Å². The normalized spacial score (nSPS) is 18.2. The predicted molar refractivity (Wildman–Crippen MR) is 136 cm³/mol. The number of hydrogen-bond acceptors (Lipinski definition) is 7. The molecule has 1 amide bonds. The number of piperazine rings is 1. The number of nitrogens with zero attached hydrogens (tertiary/aromatic N) is 4. The highest BCUT2D eigenvalue weighted by Crippen LogP contribution is 2.30. The number of piperidine rings is 1. The first-order valence-corrected chi connectivity index (χ1v) is 13.6. The standard InChI is InChI=1S/C26H30N4O5S/c1-20-25(24(35-27-20)10-9-23-8-5-19-34-23)36(32,33)30-13-11-21(12-14-30)26(31)29-17-15-28(16-18-29)22-6-3-2-4-7-22/h2-10,19,21H,11-18H2,1H3/b10-9+. The van der Waals surface area contributed by atoms with Crippen LogP contribution < -0.4 is 4.90 Å². The van der Waals surface area contributed by atoms with Crippen LogP contribution in [0.1, 0.15) is 30.1 Å². The second kappa shape index (κ2) is 10.3. The Morgan fingerprint density at radius 1 is 0.972 bits per heavy atom. The SMILES string of the molecule is Cc1noc(/C=C/c2ccco2)c1S(=O)(=O)N1CCC(C(=O)N2CCN(c3ccccc3)CC2)CC1. The third kappa shape index (κ3) is 4.96. The van der Waals surface area contributed by atoms with Gasteiger partial charge in [0.05, 0.1) is 6.26 Å². The lowest BCUT2D eigenvalue weighted by atomic mass is 9.96. The fourth-order valence-corrected chi connectivity index (χ4v) is 6.62. The van der Waals surface area contributed by atoms with Crippen molar-refractivity contribution in [1.82, 2.24) is 14.4 Å². The molecule has 0 N–H and O–H groups in total. The number of amides is 1. The van der Waals surface area contributed by atoms with Crippen LogP contribution in [-0.2, 0) is 14.8 Å². The molecule has 0 unspecified atom stereocenters. The van der Waals surface area contributed by atoms with Gasteiger partial charge in [0.2, 0.25) is 15.9 Å². The van der Waals surface area contributed by atoms with E-state index in [1.165, 1.54) is 16.3 Å². The average Bonchev–Trinajstić information content (AvgIpc) is 3.57. The van der Waals surface area contributed by atoms with E-state index in [-0.39, 0.29) is 35.6 Å². The van der Waals surface area contributed by atoms with Gasteiger partial charge < -0.3 is 18.7 Å². The zero-order valence-corrected chi connectivity index (χ0v) is 21.1. The minimum Gasteiger partial charge on any atom is -0.465 e. The van der Waals surface area contributed by atoms with Gasteiger partial charge in [-0.25, -0.2) is 8.42 Å². The lowest BCUT2D eigenvalue weighted by Crippen LogP contribution is -2.52. The number of carbonyl (C=O) groups excluding carboxylic acids is 1. The number of aryl methyl sites for hydroxylation is 1. The van der Waals surface area contributed by atoms with Gasteiger partial charge in [-0.15, -0.1) is 0 Å². The lowest BCUT2D eigenvalue weighted by Gasteiger charge is -2.39. The second-order valence-corrected chi connectivity index (χ2v) is 11.0. The molecule has 0 atom stereocenters. The number of anilines is 1. The zero-order chi connectivity index (χ0) is 25.1. The molecule has 2 aromatic heterocycles. The molecule has 0 radical (unpaired) electrons. The summed E-state index contributed by atoms with van der Waals surface area (Å²) >= 11 is 0. The molecule has 0 saturated carbocycles. The van der Waals surface area contributed by atoms with Crippen molar-refractivity contribution in [2.45, 2.75) is 24.7 Å². The molecule has 2 saturated heterocycles. The summed E-state index contributed by atoms with van der Waals surface area (Å²) < 4.78 is 38.9. The second-order valence-electron chi connectivity index (χ2n) is 9.14. The van der Waals surface area contributed by atoms with Crippen LogP contribution >= 0.6 is 0 Å². The van der Waals surface area contributed by atoms with E-state index < -0.39 is 10.0 Å². The van der Waals surface area contributed by atoms with Gasteiger partial charge in [-0.05, 0) is 56.2 Å². The van der Waals surface area contributed by atoms with Gasteiger partial charge in [0.15, 0.2) is 10.7 Å². The van der Waals surface area contributed by atoms with Crippen molar-refractivity contribution in [3.05, 3.63) is 65.9 Å². The Kier molecular flexibility index (Phi) is 6.97. The summed E-state index contributed by atoms with van der Waals surface area (Å²) in [4.78, 5) is 17.5. The summed E-state index contributed by atoms with van der Waals surface area (Å²) in [6.07, 6.45) is 5.73. The van der Waals surface area contributed by atoms with Gasteiger partial charge in [-0.2, -0.15) is 4.31 Å². The van der Waals surface area contributed by atoms with Crippen molar-refractivity contribution in [2.75, 3.05) is 44.2 Å². The Bertz CT molecular complexity index is 1300. The fourth-order valence-electron chi connectivity index (χ4n) is 4.90. The van der Waals surface area contributed by atoms with E-state index in [4.69, 9.17) is 8.94 Å². The first kappa shape index (κ1) is 24.3. The number of furan rings is 1. The fraction of sp³-hybridized carbons (Fsp3) is 0.385. The van der Waals surface area contributed by atoms with E-state index in [0.29, 0.717) is 37.4 Å². The van der Waals surface area contributed by atoms with Crippen molar-refractivity contribution in [2.24, 2.45) is 5.92 Å². The number of aromatic nitrogens is 1. The highest BCUT2D eigenvalue weighted by atomic mass is 32.2. The van der Waals surface area contributed by atoms with Crippen LogP contribution in [0.15, 0.2) is 62.6 Å². The number of rotatable bonds is 6. The Morgan fingerprint density at radius 2 is 1.69 bits per heavy atom. The average molecular weight is 511 g/mol. The molecule has 2 aliphatic rings. The minimum atomic E-state index is -3.82. The predicted octanol–water partition coefficient (Wildman–Crippen LogP) is 3.50. The zero-order valence-electron chi connectivity index (χ0n) is 20.2. The van der Waals surface area contributed by atoms with Crippen LogP contribution in [0.4, 0.5) is 5.69 Å². The van der Waals surface area contributed by atoms with Gasteiger partial charge in [-0.3, -0.25) is 4.79 Å². The van der Waals surface area contributed by atoms with Crippen molar-refractivity contribution < 1.29 is 22.2 Å². The van der Waals surface area contributed by atoms with Crippen LogP contribution in [-0.4, -0.2) is 68.0 Å². The molecule has 3 aromatic rings. The molecule has 10 heteroatoms. The van der Waals surface area contributed by atoms with Crippen molar-refractivity contribution in [1.29, 1.82) is 0 Å². The Morgan fingerprint density at radius 3 is 2.36 bits per heavy atom. The van der Waals surface area contributed by atoms with E-state index in [0.717, 1.165) is 13.1 Å². The molecule has 0 spiro atoms. The third-order valence-electron chi connectivity index (χ3n) is 6.89.